The second-order valence-corrected chi connectivity index (χ2v) is 5.06. The van der Waals surface area contributed by atoms with Crippen LogP contribution in [0.2, 0.25) is 12.6 Å². The predicted octanol–water partition coefficient (Wildman–Crippen LogP) is 1.68. The highest BCUT2D eigenvalue weighted by Crippen LogP contribution is 2.05. The lowest BCUT2D eigenvalue weighted by molar-refractivity contribution is -0.0469. The van der Waals surface area contributed by atoms with E-state index in [1.54, 1.807) is 14.2 Å². The highest BCUT2D eigenvalue weighted by molar-refractivity contribution is 6.58. The molecule has 0 aromatic heterocycles. The Morgan fingerprint density at radius 2 is 1.80 bits per heavy atom. The van der Waals surface area contributed by atoms with Crippen molar-refractivity contribution in [3.8, 4) is 0 Å². The Labute approximate surface area is 65.1 Å². The molecule has 0 saturated carbocycles. The third-order valence-electron chi connectivity index (χ3n) is 1.47. The summed E-state index contributed by atoms with van der Waals surface area (Å²) in [6, 6.07) is 1.26. The zero-order valence-corrected chi connectivity index (χ0v) is 8.31. The van der Waals surface area contributed by atoms with Gasteiger partial charge in [-0.05, 0) is 0 Å². The van der Waals surface area contributed by atoms with Gasteiger partial charge < -0.3 is 9.47 Å². The van der Waals surface area contributed by atoms with Gasteiger partial charge in [-0.3, -0.25) is 0 Å². The predicted molar refractivity (Wildman–Crippen MR) is 44.5 cm³/mol. The molecule has 0 atom stereocenters. The Morgan fingerprint density at radius 3 is 2.10 bits per heavy atom. The van der Waals surface area contributed by atoms with Crippen LogP contribution in [-0.4, -0.2) is 28.9 Å². The van der Waals surface area contributed by atoms with Crippen molar-refractivity contribution < 1.29 is 9.47 Å². The quantitative estimate of drug-likeness (QED) is 0.451. The van der Waals surface area contributed by atoms with Gasteiger partial charge in [-0.1, -0.05) is 25.9 Å². The van der Waals surface area contributed by atoms with Gasteiger partial charge in [0.25, 0.3) is 0 Å². The molecule has 0 aromatic carbocycles. The molecule has 0 aliphatic carbocycles. The van der Waals surface area contributed by atoms with Crippen molar-refractivity contribution in [3.05, 3.63) is 0 Å². The molecule has 0 aliphatic rings. The highest BCUT2D eigenvalue weighted by atomic mass is 28.3. The van der Waals surface area contributed by atoms with Crippen LogP contribution < -0.4 is 0 Å². The van der Waals surface area contributed by atoms with Crippen molar-refractivity contribution in [2.45, 2.75) is 31.8 Å². The normalized spacial score (nSPS) is 11.4. The van der Waals surface area contributed by atoms with Crippen LogP contribution in [0.5, 0.6) is 0 Å². The van der Waals surface area contributed by atoms with Gasteiger partial charge in [0.1, 0.15) is 14.7 Å². The first kappa shape index (κ1) is 10.1. The summed E-state index contributed by atoms with van der Waals surface area (Å²) in [6.45, 7) is 4.43. The summed E-state index contributed by atoms with van der Waals surface area (Å²) in [5.74, 6) is 0.0740. The summed E-state index contributed by atoms with van der Waals surface area (Å²) < 4.78 is 10.3. The van der Waals surface area contributed by atoms with Crippen LogP contribution in [0.25, 0.3) is 0 Å². The van der Waals surface area contributed by atoms with Gasteiger partial charge in [0.05, 0.1) is 0 Å². The van der Waals surface area contributed by atoms with Crippen LogP contribution in [0, 0.1) is 0 Å². The molecule has 1 radical (unpaired) electrons. The summed E-state index contributed by atoms with van der Waals surface area (Å²) >= 11 is 0. The van der Waals surface area contributed by atoms with E-state index >= 15 is 0 Å². The van der Waals surface area contributed by atoms with E-state index in [4.69, 9.17) is 9.47 Å². The van der Waals surface area contributed by atoms with Crippen LogP contribution in [0.4, 0.5) is 0 Å². The van der Waals surface area contributed by atoms with Crippen LogP contribution in [0.1, 0.15) is 13.3 Å². The minimum atomic E-state index is -0.425. The minimum Gasteiger partial charge on any atom is -0.360 e. The van der Waals surface area contributed by atoms with E-state index in [1.807, 2.05) is 0 Å². The third-order valence-corrected chi connectivity index (χ3v) is 4.04. The summed E-state index contributed by atoms with van der Waals surface area (Å²) in [5.41, 5.74) is 0. The molecular formula is C7H17O2Si. The first-order valence-corrected chi connectivity index (χ1v) is 5.92. The van der Waals surface area contributed by atoms with Crippen LogP contribution in [0.3, 0.4) is 0 Å². The summed E-state index contributed by atoms with van der Waals surface area (Å²) in [5, 5.41) is 0. The van der Waals surface area contributed by atoms with Gasteiger partial charge in [-0.25, -0.2) is 0 Å². The zero-order chi connectivity index (χ0) is 7.98. The van der Waals surface area contributed by atoms with Crippen LogP contribution in [-0.2, 0) is 9.47 Å². The molecule has 0 aliphatic heterocycles. The Morgan fingerprint density at radius 1 is 1.30 bits per heavy atom. The Kier molecular flexibility index (Phi) is 5.97. The van der Waals surface area contributed by atoms with Crippen molar-refractivity contribution in [2.75, 3.05) is 14.2 Å². The number of hydrogen-bond acceptors (Lipinski definition) is 2. The van der Waals surface area contributed by atoms with E-state index < -0.39 is 8.80 Å². The highest BCUT2D eigenvalue weighted by Gasteiger charge is 2.15. The van der Waals surface area contributed by atoms with Gasteiger partial charge in [-0.15, -0.1) is 0 Å². The number of rotatable bonds is 5. The van der Waals surface area contributed by atoms with Crippen LogP contribution in [0.15, 0.2) is 0 Å². The van der Waals surface area contributed by atoms with Crippen molar-refractivity contribution in [1.82, 2.24) is 0 Å². The average molecular weight is 161 g/mol. The molecule has 0 spiro atoms. The Hall–Kier alpha value is 0.137. The topological polar surface area (TPSA) is 18.5 Å². The molecule has 61 valence electrons. The first-order valence-electron chi connectivity index (χ1n) is 3.64. The second-order valence-electron chi connectivity index (χ2n) is 2.40. The van der Waals surface area contributed by atoms with Gasteiger partial charge in [0.15, 0.2) is 0 Å². The van der Waals surface area contributed by atoms with Crippen molar-refractivity contribution >= 4 is 8.80 Å². The molecule has 0 bridgehead atoms. The number of ether oxygens (including phenoxy) is 2. The van der Waals surface area contributed by atoms with E-state index in [2.05, 4.69) is 13.5 Å². The molecule has 0 amide bonds. The minimum absolute atomic E-state index is 0.0740. The fourth-order valence-corrected chi connectivity index (χ4v) is 2.84. The SMILES string of the molecule is CCC[Si](C)C(OC)OC. The van der Waals surface area contributed by atoms with Gasteiger partial charge >= 0.3 is 0 Å². The fourth-order valence-electron chi connectivity index (χ4n) is 1.01. The van der Waals surface area contributed by atoms with E-state index in [9.17, 15) is 0 Å². The molecule has 0 fully saturated rings. The summed E-state index contributed by atoms with van der Waals surface area (Å²) in [6.07, 6.45) is 1.23. The Bertz CT molecular complexity index is 74.0. The first-order chi connectivity index (χ1) is 4.76. The standard InChI is InChI=1S/C7H17O2Si/c1-5-6-10(4)7(8-2)9-3/h7H,5-6H2,1-4H3. The van der Waals surface area contributed by atoms with Crippen molar-refractivity contribution in [3.63, 3.8) is 0 Å². The Balaban J connectivity index is 3.53. The van der Waals surface area contributed by atoms with Gasteiger partial charge in [0.2, 0.25) is 0 Å². The van der Waals surface area contributed by atoms with E-state index in [0.29, 0.717) is 0 Å². The third kappa shape index (κ3) is 3.34. The van der Waals surface area contributed by atoms with Crippen molar-refractivity contribution in [1.29, 1.82) is 0 Å². The van der Waals surface area contributed by atoms with E-state index in [1.165, 1.54) is 12.5 Å². The lowest BCUT2D eigenvalue weighted by Gasteiger charge is -2.18. The molecule has 0 aromatic rings. The maximum Gasteiger partial charge on any atom is 0.138 e. The van der Waals surface area contributed by atoms with Gasteiger partial charge in [0, 0.05) is 14.2 Å². The zero-order valence-electron chi connectivity index (χ0n) is 7.31. The molecule has 0 saturated heterocycles. The fraction of sp³-hybridized carbons (Fsp3) is 1.00. The maximum absolute atomic E-state index is 5.14. The average Bonchev–Trinajstić information content (AvgIpc) is 1.91. The van der Waals surface area contributed by atoms with Crippen LogP contribution >= 0.6 is 0 Å². The monoisotopic (exact) mass is 161 g/mol. The van der Waals surface area contributed by atoms with E-state index in [0.717, 1.165) is 0 Å². The lowest BCUT2D eigenvalue weighted by Crippen LogP contribution is -2.30. The molecule has 2 nitrogen and oxygen atoms in total. The maximum atomic E-state index is 5.14. The van der Waals surface area contributed by atoms with Crippen molar-refractivity contribution in [2.24, 2.45) is 0 Å². The summed E-state index contributed by atoms with van der Waals surface area (Å²) in [4.78, 5) is 0. The molecule has 0 rings (SSSR count). The van der Waals surface area contributed by atoms with Gasteiger partial charge in [-0.2, -0.15) is 0 Å². The number of hydrogen-bond donors (Lipinski definition) is 0. The lowest BCUT2D eigenvalue weighted by atomic mass is 10.6. The molecule has 10 heavy (non-hydrogen) atoms. The molecule has 3 heteroatoms. The summed E-state index contributed by atoms with van der Waals surface area (Å²) in [7, 11) is 2.99. The molecule has 0 heterocycles. The second kappa shape index (κ2) is 5.89. The smallest absolute Gasteiger partial charge is 0.138 e. The van der Waals surface area contributed by atoms with E-state index in [-0.39, 0.29) is 5.91 Å². The number of methoxy groups -OCH3 is 2. The largest absolute Gasteiger partial charge is 0.360 e. The molecular weight excluding hydrogens is 144 g/mol. The molecule has 0 unspecified atom stereocenters. The molecule has 0 N–H and O–H groups in total.